The molecule has 1 fully saturated rings. The summed E-state index contributed by atoms with van der Waals surface area (Å²) >= 11 is 0. The number of hydrogen-bond donors (Lipinski definition) is 3. The van der Waals surface area contributed by atoms with Crippen LogP contribution in [0.3, 0.4) is 0 Å². The second kappa shape index (κ2) is 6.11. The van der Waals surface area contributed by atoms with Crippen LogP contribution in [-0.2, 0) is 0 Å². The van der Waals surface area contributed by atoms with Gasteiger partial charge < -0.3 is 19.8 Å². The van der Waals surface area contributed by atoms with Gasteiger partial charge in [0.1, 0.15) is 5.56 Å². The first-order chi connectivity index (χ1) is 11.5. The molecule has 1 aliphatic heterocycles. The zero-order valence-electron chi connectivity index (χ0n) is 13.1. The lowest BCUT2D eigenvalue weighted by molar-refractivity contribution is 0.0851. The van der Waals surface area contributed by atoms with Gasteiger partial charge in [-0.3, -0.25) is 15.0 Å². The summed E-state index contributed by atoms with van der Waals surface area (Å²) in [5.41, 5.74) is 2.34. The average molecular weight is 332 g/mol. The highest BCUT2D eigenvalue weighted by molar-refractivity contribution is 5.98. The molecule has 3 rings (SSSR count). The zero-order valence-corrected chi connectivity index (χ0v) is 13.1. The summed E-state index contributed by atoms with van der Waals surface area (Å²) in [7, 11) is 2.95. The number of hydrazine groups is 1. The van der Waals surface area contributed by atoms with Crippen molar-refractivity contribution in [3.63, 3.8) is 0 Å². The fourth-order valence-electron chi connectivity index (χ4n) is 2.48. The number of pyridine rings is 1. The van der Waals surface area contributed by atoms with E-state index in [1.807, 2.05) is 0 Å². The molecule has 9 heteroatoms. The minimum atomic E-state index is -0.662. The largest absolute Gasteiger partial charge is 0.493 e. The third-order valence-corrected chi connectivity index (χ3v) is 3.72. The van der Waals surface area contributed by atoms with Gasteiger partial charge >= 0.3 is 6.03 Å². The smallest absolute Gasteiger partial charge is 0.336 e. The Morgan fingerprint density at radius 1 is 1.21 bits per heavy atom. The predicted molar refractivity (Wildman–Crippen MR) is 85.2 cm³/mol. The molecular formula is C15H16N4O5. The molecule has 0 unspecified atom stereocenters. The molecule has 0 aliphatic carbocycles. The van der Waals surface area contributed by atoms with Gasteiger partial charge in [-0.2, -0.15) is 0 Å². The highest BCUT2D eigenvalue weighted by Gasteiger charge is 2.23. The van der Waals surface area contributed by atoms with E-state index in [0.717, 1.165) is 5.01 Å². The van der Waals surface area contributed by atoms with Gasteiger partial charge in [0.05, 0.1) is 31.7 Å². The molecule has 0 saturated carbocycles. The van der Waals surface area contributed by atoms with Gasteiger partial charge in [-0.1, -0.05) is 0 Å². The van der Waals surface area contributed by atoms with E-state index in [1.54, 1.807) is 6.07 Å². The third kappa shape index (κ3) is 2.60. The molecule has 0 bridgehead atoms. The Morgan fingerprint density at radius 2 is 1.92 bits per heavy atom. The number of amides is 3. The molecule has 24 heavy (non-hydrogen) atoms. The number of methoxy groups -OCH3 is 2. The molecule has 0 atom stereocenters. The van der Waals surface area contributed by atoms with Crippen molar-refractivity contribution in [2.24, 2.45) is 0 Å². The number of benzene rings is 1. The highest BCUT2D eigenvalue weighted by Crippen LogP contribution is 2.30. The summed E-state index contributed by atoms with van der Waals surface area (Å²) in [6.45, 7) is 0.769. The second-order valence-electron chi connectivity index (χ2n) is 5.11. The van der Waals surface area contributed by atoms with Crippen LogP contribution in [0.15, 0.2) is 23.1 Å². The van der Waals surface area contributed by atoms with Gasteiger partial charge in [0.15, 0.2) is 11.5 Å². The first-order valence-electron chi connectivity index (χ1n) is 7.19. The maximum absolute atomic E-state index is 12.6. The van der Waals surface area contributed by atoms with Crippen molar-refractivity contribution < 1.29 is 19.1 Å². The van der Waals surface area contributed by atoms with Crippen LogP contribution in [-0.4, -0.2) is 49.2 Å². The lowest BCUT2D eigenvalue weighted by atomic mass is 10.1. The van der Waals surface area contributed by atoms with Gasteiger partial charge in [-0.25, -0.2) is 9.80 Å². The zero-order chi connectivity index (χ0) is 17.3. The summed E-state index contributed by atoms with van der Waals surface area (Å²) in [4.78, 5) is 39.2. The van der Waals surface area contributed by atoms with E-state index in [-0.39, 0.29) is 10.9 Å². The molecule has 0 radical (unpaired) electrons. The molecule has 1 saturated heterocycles. The Hall–Kier alpha value is -3.23. The molecule has 2 aromatic rings. The number of carbonyl (C=O) groups excluding carboxylic acids is 2. The fraction of sp³-hybridized carbons (Fsp3) is 0.267. The number of H-pyrrole nitrogens is 1. The maximum Gasteiger partial charge on any atom is 0.336 e. The van der Waals surface area contributed by atoms with Gasteiger partial charge in [0, 0.05) is 18.8 Å². The average Bonchev–Trinajstić information content (AvgIpc) is 2.98. The van der Waals surface area contributed by atoms with Crippen molar-refractivity contribution in [3.8, 4) is 11.5 Å². The standard InChI is InChI=1S/C15H16N4O5/c1-23-11-5-8-10(6-12(11)24-2)17-7-9(13(8)20)14(21)18-19-4-3-16-15(19)22/h5-7H,3-4H2,1-2H3,(H,16,22)(H,17,20)(H,18,21). The molecule has 1 aliphatic rings. The predicted octanol–water partition coefficient (Wildman–Crippen LogP) is 0.215. The quantitative estimate of drug-likeness (QED) is 0.741. The van der Waals surface area contributed by atoms with E-state index in [4.69, 9.17) is 9.47 Å². The minimum absolute atomic E-state index is 0.102. The van der Waals surface area contributed by atoms with E-state index < -0.39 is 17.4 Å². The van der Waals surface area contributed by atoms with Crippen molar-refractivity contribution in [2.75, 3.05) is 27.3 Å². The minimum Gasteiger partial charge on any atom is -0.493 e. The van der Waals surface area contributed by atoms with Crippen LogP contribution >= 0.6 is 0 Å². The molecule has 0 spiro atoms. The van der Waals surface area contributed by atoms with Crippen molar-refractivity contribution >= 4 is 22.8 Å². The van der Waals surface area contributed by atoms with E-state index in [1.165, 1.54) is 26.5 Å². The number of rotatable bonds is 4. The van der Waals surface area contributed by atoms with E-state index >= 15 is 0 Å². The molecular weight excluding hydrogens is 316 g/mol. The van der Waals surface area contributed by atoms with Crippen LogP contribution in [0.2, 0.25) is 0 Å². The van der Waals surface area contributed by atoms with Crippen molar-refractivity contribution in [1.82, 2.24) is 20.7 Å². The number of nitrogens with one attached hydrogen (secondary N) is 3. The summed E-state index contributed by atoms with van der Waals surface area (Å²) < 4.78 is 10.4. The molecule has 3 N–H and O–H groups in total. The number of carbonyl (C=O) groups is 2. The first-order valence-corrected chi connectivity index (χ1v) is 7.19. The van der Waals surface area contributed by atoms with Crippen molar-refractivity contribution in [3.05, 3.63) is 34.1 Å². The number of urea groups is 1. The van der Waals surface area contributed by atoms with Gasteiger partial charge in [0.2, 0.25) is 5.43 Å². The second-order valence-corrected chi connectivity index (χ2v) is 5.11. The topological polar surface area (TPSA) is 113 Å². The fourth-order valence-corrected chi connectivity index (χ4v) is 2.48. The van der Waals surface area contributed by atoms with Crippen molar-refractivity contribution in [2.45, 2.75) is 0 Å². The third-order valence-electron chi connectivity index (χ3n) is 3.72. The number of aromatic amines is 1. The monoisotopic (exact) mass is 332 g/mol. The molecule has 9 nitrogen and oxygen atoms in total. The Bertz CT molecular complexity index is 876. The number of fused-ring (bicyclic) bond motifs is 1. The number of aromatic nitrogens is 1. The number of hydrogen-bond acceptors (Lipinski definition) is 5. The molecule has 2 heterocycles. The summed E-state index contributed by atoms with van der Waals surface area (Å²) in [6, 6.07) is 2.71. The normalized spacial score (nSPS) is 13.8. The van der Waals surface area contributed by atoms with Crippen molar-refractivity contribution in [1.29, 1.82) is 0 Å². The van der Waals surface area contributed by atoms with Crippen LogP contribution in [0.5, 0.6) is 11.5 Å². The van der Waals surface area contributed by atoms with Crippen LogP contribution in [0.4, 0.5) is 4.79 Å². The van der Waals surface area contributed by atoms with Gasteiger partial charge in [0.25, 0.3) is 5.91 Å². The first kappa shape index (κ1) is 15.7. The Balaban J connectivity index is 2.00. The number of ether oxygens (including phenoxy) is 2. The molecule has 3 amide bonds. The Morgan fingerprint density at radius 3 is 2.54 bits per heavy atom. The Kier molecular flexibility index (Phi) is 3.98. The Labute approximate surface area is 136 Å². The molecule has 126 valence electrons. The van der Waals surface area contributed by atoms with E-state index in [9.17, 15) is 14.4 Å². The van der Waals surface area contributed by atoms with Crippen LogP contribution < -0.4 is 25.6 Å². The lowest BCUT2D eigenvalue weighted by Gasteiger charge is -2.15. The molecule has 1 aromatic heterocycles. The summed E-state index contributed by atoms with van der Waals surface area (Å²) in [5.74, 6) is 0.184. The number of nitrogens with zero attached hydrogens (tertiary/aromatic N) is 1. The summed E-state index contributed by atoms with van der Waals surface area (Å²) in [5, 5.41) is 3.96. The molecule has 1 aromatic carbocycles. The summed E-state index contributed by atoms with van der Waals surface area (Å²) in [6.07, 6.45) is 1.31. The van der Waals surface area contributed by atoms with E-state index in [0.29, 0.717) is 30.1 Å². The van der Waals surface area contributed by atoms with Crippen LogP contribution in [0.25, 0.3) is 10.9 Å². The van der Waals surface area contributed by atoms with Gasteiger partial charge in [-0.15, -0.1) is 0 Å². The SMILES string of the molecule is COc1cc2[nH]cc(C(=O)NN3CCNC3=O)c(=O)c2cc1OC. The highest BCUT2D eigenvalue weighted by atomic mass is 16.5. The van der Waals surface area contributed by atoms with Crippen LogP contribution in [0, 0.1) is 0 Å². The van der Waals surface area contributed by atoms with Crippen LogP contribution in [0.1, 0.15) is 10.4 Å². The lowest BCUT2D eigenvalue weighted by Crippen LogP contribution is -2.45. The van der Waals surface area contributed by atoms with Gasteiger partial charge in [-0.05, 0) is 6.07 Å². The van der Waals surface area contributed by atoms with E-state index in [2.05, 4.69) is 15.7 Å². The maximum atomic E-state index is 12.6.